The zero-order valence-corrected chi connectivity index (χ0v) is 4.57. The number of carbonyl (C=O) groups excluding carboxylic acids is 1. The van der Waals surface area contributed by atoms with Crippen LogP contribution in [0, 0.1) is 0 Å². The molecule has 7 heavy (non-hydrogen) atoms. The summed E-state index contributed by atoms with van der Waals surface area (Å²) in [6.45, 7) is 1.27. The second-order valence-electron chi connectivity index (χ2n) is 1.04. The van der Waals surface area contributed by atoms with Crippen molar-refractivity contribution in [3.05, 3.63) is 0 Å². The average molecular weight is 124 g/mol. The van der Waals surface area contributed by atoms with Gasteiger partial charge in [-0.3, -0.25) is 4.79 Å². The normalized spacial score (nSPS) is 13.0. The standard InChI is InChI=1S/C3H6ClNO2/c1-2(6)5-3(4)7/h3,7H,1H3,(H,5,6). The van der Waals surface area contributed by atoms with Crippen LogP contribution in [-0.4, -0.2) is 16.7 Å². The smallest absolute Gasteiger partial charge is 0.219 e. The molecule has 1 amide bonds. The molecule has 1 atom stereocenters. The van der Waals surface area contributed by atoms with E-state index in [9.17, 15) is 4.79 Å². The van der Waals surface area contributed by atoms with Gasteiger partial charge < -0.3 is 10.4 Å². The summed E-state index contributed by atoms with van der Waals surface area (Å²) in [5.41, 5.74) is -1.25. The van der Waals surface area contributed by atoms with Crippen molar-refractivity contribution in [3.8, 4) is 0 Å². The van der Waals surface area contributed by atoms with Crippen molar-refractivity contribution in [1.29, 1.82) is 0 Å². The topological polar surface area (TPSA) is 49.3 Å². The van der Waals surface area contributed by atoms with Gasteiger partial charge in [-0.25, -0.2) is 0 Å². The number of aliphatic hydroxyl groups excluding tert-OH is 1. The summed E-state index contributed by atoms with van der Waals surface area (Å²) >= 11 is 4.90. The summed E-state index contributed by atoms with van der Waals surface area (Å²) in [4.78, 5) is 9.90. The van der Waals surface area contributed by atoms with E-state index in [-0.39, 0.29) is 5.91 Å². The van der Waals surface area contributed by atoms with Gasteiger partial charge in [-0.05, 0) is 0 Å². The molecule has 0 fully saturated rings. The highest BCUT2D eigenvalue weighted by Crippen LogP contribution is 1.79. The van der Waals surface area contributed by atoms with Crippen molar-refractivity contribution in [1.82, 2.24) is 5.32 Å². The van der Waals surface area contributed by atoms with Crippen LogP contribution in [0.3, 0.4) is 0 Å². The molecule has 0 aliphatic rings. The van der Waals surface area contributed by atoms with Crippen LogP contribution >= 0.6 is 11.6 Å². The molecule has 0 aliphatic carbocycles. The van der Waals surface area contributed by atoms with Crippen LogP contribution in [0.15, 0.2) is 0 Å². The molecule has 0 spiro atoms. The Morgan fingerprint density at radius 1 is 2.00 bits per heavy atom. The van der Waals surface area contributed by atoms with Gasteiger partial charge in [0.05, 0.1) is 0 Å². The van der Waals surface area contributed by atoms with Crippen LogP contribution in [0.2, 0.25) is 0 Å². The van der Waals surface area contributed by atoms with E-state index in [0.29, 0.717) is 0 Å². The van der Waals surface area contributed by atoms with Crippen LogP contribution in [-0.2, 0) is 4.79 Å². The first-order valence-electron chi connectivity index (χ1n) is 1.72. The first-order valence-corrected chi connectivity index (χ1v) is 2.16. The zero-order valence-electron chi connectivity index (χ0n) is 3.81. The summed E-state index contributed by atoms with van der Waals surface area (Å²) < 4.78 is 0. The van der Waals surface area contributed by atoms with Crippen molar-refractivity contribution in [2.45, 2.75) is 12.6 Å². The summed E-state index contributed by atoms with van der Waals surface area (Å²) in [6.07, 6.45) is 0. The predicted molar refractivity (Wildman–Crippen MR) is 25.7 cm³/mol. The number of halogens is 1. The molecule has 3 nitrogen and oxygen atoms in total. The predicted octanol–water partition coefficient (Wildman–Crippen LogP) is -0.363. The van der Waals surface area contributed by atoms with Crippen LogP contribution < -0.4 is 5.32 Å². The highest BCUT2D eigenvalue weighted by atomic mass is 35.5. The minimum atomic E-state index is -1.25. The lowest BCUT2D eigenvalue weighted by atomic mass is 10.7. The first kappa shape index (κ1) is 6.72. The van der Waals surface area contributed by atoms with E-state index in [4.69, 9.17) is 16.7 Å². The third-order valence-corrected chi connectivity index (χ3v) is 0.431. The molecule has 0 bridgehead atoms. The molecule has 0 aromatic rings. The van der Waals surface area contributed by atoms with Crippen LogP contribution in [0.25, 0.3) is 0 Å². The summed E-state index contributed by atoms with van der Waals surface area (Å²) in [6, 6.07) is 0. The average Bonchev–Trinajstić information content (AvgIpc) is 1.27. The van der Waals surface area contributed by atoms with Crippen molar-refractivity contribution < 1.29 is 9.90 Å². The molecule has 2 N–H and O–H groups in total. The van der Waals surface area contributed by atoms with E-state index in [1.54, 1.807) is 0 Å². The lowest BCUT2D eigenvalue weighted by Crippen LogP contribution is -2.27. The highest BCUT2D eigenvalue weighted by molar-refractivity contribution is 6.20. The molecule has 0 aromatic carbocycles. The maximum atomic E-state index is 9.90. The van der Waals surface area contributed by atoms with Crippen molar-refractivity contribution in [2.24, 2.45) is 0 Å². The Bertz CT molecular complexity index is 73.3. The molecular weight excluding hydrogens is 117 g/mol. The van der Waals surface area contributed by atoms with Gasteiger partial charge in [-0.15, -0.1) is 0 Å². The fourth-order valence-electron chi connectivity index (χ4n) is 0.168. The van der Waals surface area contributed by atoms with Crippen molar-refractivity contribution >= 4 is 17.5 Å². The van der Waals surface area contributed by atoms with E-state index in [1.165, 1.54) is 6.92 Å². The van der Waals surface area contributed by atoms with E-state index in [1.807, 2.05) is 5.32 Å². The Labute approximate surface area is 46.3 Å². The summed E-state index contributed by atoms with van der Waals surface area (Å²) in [7, 11) is 0. The third-order valence-electron chi connectivity index (χ3n) is 0.322. The number of rotatable bonds is 1. The van der Waals surface area contributed by atoms with Gasteiger partial charge in [0, 0.05) is 6.92 Å². The maximum absolute atomic E-state index is 9.90. The number of alkyl halides is 1. The Kier molecular flexibility index (Phi) is 2.71. The maximum Gasteiger partial charge on any atom is 0.219 e. The van der Waals surface area contributed by atoms with Crippen molar-refractivity contribution in [2.75, 3.05) is 0 Å². The monoisotopic (exact) mass is 123 g/mol. The molecule has 0 radical (unpaired) electrons. The fraction of sp³-hybridized carbons (Fsp3) is 0.667. The Hall–Kier alpha value is -0.280. The van der Waals surface area contributed by atoms with Crippen LogP contribution in [0.4, 0.5) is 0 Å². The number of nitrogens with one attached hydrogen (secondary N) is 1. The van der Waals surface area contributed by atoms with Gasteiger partial charge in [0.25, 0.3) is 0 Å². The van der Waals surface area contributed by atoms with Gasteiger partial charge in [-0.1, -0.05) is 11.6 Å². The lowest BCUT2D eigenvalue weighted by Gasteiger charge is -1.98. The highest BCUT2D eigenvalue weighted by Gasteiger charge is 1.95. The Balaban J connectivity index is 3.13. The zero-order chi connectivity index (χ0) is 5.86. The number of hydrogen-bond acceptors (Lipinski definition) is 2. The molecule has 42 valence electrons. The molecule has 0 aromatic heterocycles. The van der Waals surface area contributed by atoms with Gasteiger partial charge in [-0.2, -0.15) is 0 Å². The quantitative estimate of drug-likeness (QED) is 0.284. The molecule has 0 rings (SSSR count). The van der Waals surface area contributed by atoms with Crippen LogP contribution in [0.5, 0.6) is 0 Å². The molecule has 0 saturated carbocycles. The van der Waals surface area contributed by atoms with Gasteiger partial charge in [0.2, 0.25) is 11.6 Å². The second kappa shape index (κ2) is 2.82. The van der Waals surface area contributed by atoms with Crippen LogP contribution in [0.1, 0.15) is 6.92 Å². The number of hydrogen-bond donors (Lipinski definition) is 2. The first-order chi connectivity index (χ1) is 3.13. The molecular formula is C3H6ClNO2. The Morgan fingerprint density at radius 2 is 2.43 bits per heavy atom. The lowest BCUT2D eigenvalue weighted by molar-refractivity contribution is -0.120. The Morgan fingerprint density at radius 3 is 2.43 bits per heavy atom. The second-order valence-corrected chi connectivity index (χ2v) is 1.45. The third kappa shape index (κ3) is 5.72. The summed E-state index contributed by atoms with van der Waals surface area (Å²) in [5.74, 6) is -0.345. The molecule has 1 unspecified atom stereocenters. The molecule has 0 heterocycles. The van der Waals surface area contributed by atoms with Gasteiger partial charge in [0.1, 0.15) is 0 Å². The SMILES string of the molecule is CC(=O)NC(O)Cl. The minimum absolute atomic E-state index is 0.345. The number of amides is 1. The number of carbonyl (C=O) groups is 1. The fourth-order valence-corrected chi connectivity index (χ4v) is 0.321. The molecule has 0 saturated heterocycles. The molecule has 4 heteroatoms. The van der Waals surface area contributed by atoms with E-state index in [0.717, 1.165) is 0 Å². The van der Waals surface area contributed by atoms with E-state index < -0.39 is 5.69 Å². The van der Waals surface area contributed by atoms with E-state index in [2.05, 4.69) is 0 Å². The largest absolute Gasteiger partial charge is 0.361 e. The van der Waals surface area contributed by atoms with Gasteiger partial charge >= 0.3 is 0 Å². The summed E-state index contributed by atoms with van der Waals surface area (Å²) in [5, 5.41) is 10.1. The minimum Gasteiger partial charge on any atom is -0.361 e. The number of aliphatic hydroxyl groups is 1. The molecule has 0 aliphatic heterocycles. The van der Waals surface area contributed by atoms with E-state index >= 15 is 0 Å². The van der Waals surface area contributed by atoms with Gasteiger partial charge in [0.15, 0.2) is 0 Å². The van der Waals surface area contributed by atoms with Crippen molar-refractivity contribution in [3.63, 3.8) is 0 Å².